The first kappa shape index (κ1) is 21.4. The highest BCUT2D eigenvalue weighted by atomic mass is 79.9. The summed E-state index contributed by atoms with van der Waals surface area (Å²) in [4.78, 5) is 24.0. The molecule has 0 fully saturated rings. The average molecular weight is 564 g/mol. The summed E-state index contributed by atoms with van der Waals surface area (Å²) in [5.41, 5.74) is 3.17. The van der Waals surface area contributed by atoms with Crippen LogP contribution in [0.5, 0.6) is 11.5 Å². The molecule has 7 nitrogen and oxygen atoms in total. The molecule has 142 valence electrons. The van der Waals surface area contributed by atoms with Gasteiger partial charge in [0.15, 0.2) is 0 Å². The molecule has 3 N–H and O–H groups in total. The average Bonchev–Trinajstić information content (AvgIpc) is 2.66. The van der Waals surface area contributed by atoms with Gasteiger partial charge in [-0.05, 0) is 50.1 Å². The van der Waals surface area contributed by atoms with E-state index in [1.54, 1.807) is 30.3 Å². The smallest absolute Gasteiger partial charge is 0.259 e. The van der Waals surface area contributed by atoms with Gasteiger partial charge in [-0.3, -0.25) is 9.59 Å². The Morgan fingerprint density at radius 2 is 1.93 bits per heavy atom. The Morgan fingerprint density at radius 3 is 2.63 bits per heavy atom. The first-order valence-electron chi connectivity index (χ1n) is 7.44. The van der Waals surface area contributed by atoms with Crippen molar-refractivity contribution < 1.29 is 19.4 Å². The van der Waals surface area contributed by atoms with Crippen molar-refractivity contribution >= 4 is 65.8 Å². The van der Waals surface area contributed by atoms with Crippen LogP contribution in [0.15, 0.2) is 48.9 Å². The molecule has 0 radical (unpaired) electrons. The molecule has 2 amide bonds. The molecule has 10 heteroatoms. The predicted octanol–water partition coefficient (Wildman–Crippen LogP) is 3.57. The third-order valence-electron chi connectivity index (χ3n) is 3.33. The molecule has 0 bridgehead atoms. The fraction of sp³-hybridized carbons (Fsp3) is 0.118. The highest BCUT2D eigenvalue weighted by Gasteiger charge is 2.13. The third-order valence-corrected chi connectivity index (χ3v) is 5.39. The van der Waals surface area contributed by atoms with E-state index in [1.807, 2.05) is 0 Å². The number of halogens is 3. The molecule has 2 rings (SSSR count). The van der Waals surface area contributed by atoms with Gasteiger partial charge in [0, 0.05) is 10.0 Å². The summed E-state index contributed by atoms with van der Waals surface area (Å²) in [6.07, 6.45) is 1.36. The van der Waals surface area contributed by atoms with Gasteiger partial charge in [-0.1, -0.05) is 28.1 Å². The van der Waals surface area contributed by atoms with Gasteiger partial charge >= 0.3 is 0 Å². The number of para-hydroxylation sites is 1. The fourth-order valence-corrected chi connectivity index (χ4v) is 4.33. The number of hydrogen-bond acceptors (Lipinski definition) is 5. The minimum atomic E-state index is -0.511. The highest BCUT2D eigenvalue weighted by molar-refractivity contribution is 9.11. The lowest BCUT2D eigenvalue weighted by Crippen LogP contribution is -2.35. The number of ether oxygens (including phenoxy) is 1. The van der Waals surface area contributed by atoms with Crippen LogP contribution in [0, 0.1) is 0 Å². The maximum absolute atomic E-state index is 12.1. The summed E-state index contributed by atoms with van der Waals surface area (Å²) in [5.74, 6) is -0.522. The molecule has 0 aromatic heterocycles. The van der Waals surface area contributed by atoms with Crippen molar-refractivity contribution in [1.29, 1.82) is 0 Å². The minimum Gasteiger partial charge on any atom is -0.506 e. The first-order valence-corrected chi connectivity index (χ1v) is 9.82. The number of phenolic OH excluding ortho intramolecular Hbond substituents is 1. The molecular weight excluding hydrogens is 550 g/mol. The zero-order valence-corrected chi connectivity index (χ0v) is 18.7. The SMILES string of the molecule is COc1ccccc1C(=O)NCC(=O)N/N=C/c1c(Br)cc(Br)c(O)c1Br. The first-order chi connectivity index (χ1) is 12.8. The second-order valence-corrected chi connectivity index (χ2v) is 7.59. The summed E-state index contributed by atoms with van der Waals surface area (Å²) in [6.45, 7) is -0.262. The Bertz CT molecular complexity index is 903. The van der Waals surface area contributed by atoms with E-state index >= 15 is 0 Å². The van der Waals surface area contributed by atoms with Gasteiger partial charge in [0.2, 0.25) is 0 Å². The van der Waals surface area contributed by atoms with E-state index in [4.69, 9.17) is 4.74 Å². The lowest BCUT2D eigenvalue weighted by atomic mass is 10.2. The molecule has 0 heterocycles. The van der Waals surface area contributed by atoms with E-state index in [-0.39, 0.29) is 12.3 Å². The van der Waals surface area contributed by atoms with Crippen molar-refractivity contribution in [2.45, 2.75) is 0 Å². The van der Waals surface area contributed by atoms with Crippen LogP contribution in [0.2, 0.25) is 0 Å². The van der Waals surface area contributed by atoms with Crippen LogP contribution in [-0.4, -0.2) is 36.8 Å². The summed E-state index contributed by atoms with van der Waals surface area (Å²) in [7, 11) is 1.46. The van der Waals surface area contributed by atoms with Crippen molar-refractivity contribution in [3.8, 4) is 11.5 Å². The number of benzene rings is 2. The molecule has 0 spiro atoms. The summed E-state index contributed by atoms with van der Waals surface area (Å²) < 4.78 is 6.67. The maximum atomic E-state index is 12.1. The van der Waals surface area contributed by atoms with E-state index in [9.17, 15) is 14.7 Å². The quantitative estimate of drug-likeness (QED) is 0.370. The molecule has 2 aromatic rings. The van der Waals surface area contributed by atoms with Gasteiger partial charge < -0.3 is 15.2 Å². The Morgan fingerprint density at radius 1 is 1.22 bits per heavy atom. The van der Waals surface area contributed by atoms with Crippen molar-refractivity contribution in [2.24, 2.45) is 5.10 Å². The molecule has 0 atom stereocenters. The van der Waals surface area contributed by atoms with Crippen LogP contribution < -0.4 is 15.5 Å². The number of methoxy groups -OCH3 is 1. The van der Waals surface area contributed by atoms with Crippen molar-refractivity contribution in [2.75, 3.05) is 13.7 Å². The number of carbonyl (C=O) groups is 2. The topological polar surface area (TPSA) is 100 Å². The zero-order valence-electron chi connectivity index (χ0n) is 13.9. The van der Waals surface area contributed by atoms with E-state index in [0.717, 1.165) is 0 Å². The molecule has 0 saturated carbocycles. The standard InChI is InChI=1S/C17H14Br3N3O4/c1-27-13-5-3-2-4-9(13)17(26)21-8-14(24)23-22-7-10-11(18)6-12(19)16(25)15(10)20/h2-7,25H,8H2,1H3,(H,21,26)(H,23,24)/b22-7+. The van der Waals surface area contributed by atoms with Crippen LogP contribution in [-0.2, 0) is 4.79 Å². The second-order valence-electron chi connectivity index (χ2n) is 5.09. The molecule has 27 heavy (non-hydrogen) atoms. The monoisotopic (exact) mass is 561 g/mol. The molecule has 0 aliphatic heterocycles. The second kappa shape index (κ2) is 9.86. The molecule has 0 saturated heterocycles. The predicted molar refractivity (Wildman–Crippen MR) is 112 cm³/mol. The Balaban J connectivity index is 1.94. The fourth-order valence-electron chi connectivity index (χ4n) is 2.01. The lowest BCUT2D eigenvalue weighted by Gasteiger charge is -2.08. The van der Waals surface area contributed by atoms with Crippen molar-refractivity contribution in [1.82, 2.24) is 10.7 Å². The zero-order chi connectivity index (χ0) is 20.0. The van der Waals surface area contributed by atoms with Crippen LogP contribution >= 0.6 is 47.8 Å². The summed E-state index contributed by atoms with van der Waals surface area (Å²) >= 11 is 9.81. The van der Waals surface area contributed by atoms with Crippen LogP contribution in [0.1, 0.15) is 15.9 Å². The number of hydrogen-bond donors (Lipinski definition) is 3. The van der Waals surface area contributed by atoms with Crippen LogP contribution in [0.4, 0.5) is 0 Å². The molecule has 0 aliphatic rings. The number of nitrogens with zero attached hydrogens (tertiary/aromatic N) is 1. The normalized spacial score (nSPS) is 10.7. The van der Waals surface area contributed by atoms with E-state index in [0.29, 0.717) is 30.3 Å². The third kappa shape index (κ3) is 5.53. The van der Waals surface area contributed by atoms with Crippen molar-refractivity contribution in [3.05, 3.63) is 54.9 Å². The van der Waals surface area contributed by atoms with Gasteiger partial charge in [-0.25, -0.2) is 5.43 Å². The number of nitrogens with one attached hydrogen (secondary N) is 2. The van der Waals surface area contributed by atoms with Gasteiger partial charge in [0.05, 0.1) is 34.4 Å². The lowest BCUT2D eigenvalue weighted by molar-refractivity contribution is -0.120. The number of aromatic hydroxyl groups is 1. The molecular formula is C17H14Br3N3O4. The highest BCUT2D eigenvalue weighted by Crippen LogP contribution is 2.38. The van der Waals surface area contributed by atoms with E-state index in [1.165, 1.54) is 13.3 Å². The number of amides is 2. The van der Waals surface area contributed by atoms with Gasteiger partial charge in [-0.15, -0.1) is 0 Å². The van der Waals surface area contributed by atoms with Crippen LogP contribution in [0.25, 0.3) is 0 Å². The summed E-state index contributed by atoms with van der Waals surface area (Å²) in [6, 6.07) is 8.34. The number of rotatable bonds is 6. The Hall–Kier alpha value is -1.91. The summed E-state index contributed by atoms with van der Waals surface area (Å²) in [5, 5.41) is 16.2. The largest absolute Gasteiger partial charge is 0.506 e. The van der Waals surface area contributed by atoms with Crippen LogP contribution in [0.3, 0.4) is 0 Å². The number of hydrazone groups is 1. The van der Waals surface area contributed by atoms with Crippen molar-refractivity contribution in [3.63, 3.8) is 0 Å². The van der Waals surface area contributed by atoms with Gasteiger partial charge in [0.1, 0.15) is 11.5 Å². The number of phenols is 1. The minimum absolute atomic E-state index is 0.00930. The molecule has 0 aliphatic carbocycles. The van der Waals surface area contributed by atoms with Gasteiger partial charge in [-0.2, -0.15) is 5.10 Å². The molecule has 0 unspecified atom stereocenters. The molecule has 2 aromatic carbocycles. The Labute approximate surface area is 180 Å². The number of carbonyl (C=O) groups excluding carboxylic acids is 2. The van der Waals surface area contributed by atoms with E-state index in [2.05, 4.69) is 63.6 Å². The Kier molecular flexibility index (Phi) is 7.81. The van der Waals surface area contributed by atoms with Gasteiger partial charge in [0.25, 0.3) is 11.8 Å². The van der Waals surface area contributed by atoms with E-state index < -0.39 is 11.8 Å². The maximum Gasteiger partial charge on any atom is 0.259 e.